The smallest absolute Gasteiger partial charge is 0.0465 e. The summed E-state index contributed by atoms with van der Waals surface area (Å²) in [5.74, 6) is 0. The zero-order valence-corrected chi connectivity index (χ0v) is 12.6. The van der Waals surface area contributed by atoms with Gasteiger partial charge in [0, 0.05) is 29.2 Å². The fourth-order valence-corrected chi connectivity index (χ4v) is 3.79. The van der Waals surface area contributed by atoms with E-state index in [0.29, 0.717) is 5.02 Å². The first-order valence-electron chi connectivity index (χ1n) is 7.13. The summed E-state index contributed by atoms with van der Waals surface area (Å²) >= 11 is 12.2. The number of benzene rings is 1. The number of halogens is 2. The third-order valence-corrected chi connectivity index (χ3v) is 4.88. The van der Waals surface area contributed by atoms with Gasteiger partial charge in [0.05, 0.1) is 0 Å². The van der Waals surface area contributed by atoms with Crippen LogP contribution in [0.5, 0.6) is 0 Å². The molecule has 0 aromatic heterocycles. The lowest BCUT2D eigenvalue weighted by Crippen LogP contribution is -2.36. The number of nitrogens with zero attached hydrogens (tertiary/aromatic N) is 2. The summed E-state index contributed by atoms with van der Waals surface area (Å²) in [6, 6.07) is 6.59. The second-order valence-corrected chi connectivity index (χ2v) is 6.50. The Labute approximate surface area is 125 Å². The van der Waals surface area contributed by atoms with Gasteiger partial charge < -0.3 is 0 Å². The predicted molar refractivity (Wildman–Crippen MR) is 81.0 cm³/mol. The van der Waals surface area contributed by atoms with E-state index in [9.17, 15) is 0 Å². The van der Waals surface area contributed by atoms with E-state index in [1.165, 1.54) is 51.0 Å². The van der Waals surface area contributed by atoms with Crippen molar-refractivity contribution in [2.45, 2.75) is 31.8 Å². The molecule has 0 bridgehead atoms. The molecule has 4 heteroatoms. The maximum atomic E-state index is 6.28. The van der Waals surface area contributed by atoms with Gasteiger partial charge in [-0.3, -0.25) is 9.80 Å². The summed E-state index contributed by atoms with van der Waals surface area (Å²) in [5.41, 5.74) is 1.19. The molecular formula is C15H20Cl2N2. The minimum absolute atomic E-state index is 0.714. The van der Waals surface area contributed by atoms with Crippen LogP contribution in [0.3, 0.4) is 0 Å². The molecule has 0 aliphatic carbocycles. The number of hydrogen-bond acceptors (Lipinski definition) is 2. The van der Waals surface area contributed by atoms with E-state index in [4.69, 9.17) is 23.2 Å². The molecule has 19 heavy (non-hydrogen) atoms. The summed E-state index contributed by atoms with van der Waals surface area (Å²) in [5, 5.41) is 1.51. The predicted octanol–water partition coefficient (Wildman–Crippen LogP) is 3.66. The standard InChI is InChI=1S/C15H20Cl2N2/c16-13-5-4-12(15(17)9-13)10-18-6-2-8-19-7-1-3-14(19)11-18/h4-5,9,14H,1-3,6-8,10-11H2. The first-order valence-corrected chi connectivity index (χ1v) is 7.88. The Morgan fingerprint density at radius 2 is 1.95 bits per heavy atom. The quantitative estimate of drug-likeness (QED) is 0.822. The Kier molecular flexibility index (Phi) is 4.33. The Bertz CT molecular complexity index is 450. The molecule has 2 heterocycles. The van der Waals surface area contributed by atoms with E-state index >= 15 is 0 Å². The van der Waals surface area contributed by atoms with Crippen LogP contribution in [0.15, 0.2) is 18.2 Å². The Balaban J connectivity index is 1.68. The van der Waals surface area contributed by atoms with Crippen molar-refractivity contribution in [3.8, 4) is 0 Å². The van der Waals surface area contributed by atoms with Crippen molar-refractivity contribution in [1.82, 2.24) is 9.80 Å². The van der Waals surface area contributed by atoms with Crippen molar-refractivity contribution in [2.24, 2.45) is 0 Å². The van der Waals surface area contributed by atoms with Crippen molar-refractivity contribution in [2.75, 3.05) is 26.2 Å². The Morgan fingerprint density at radius 3 is 2.79 bits per heavy atom. The van der Waals surface area contributed by atoms with E-state index in [0.717, 1.165) is 17.6 Å². The summed E-state index contributed by atoms with van der Waals surface area (Å²) in [4.78, 5) is 5.20. The van der Waals surface area contributed by atoms with Crippen LogP contribution in [0, 0.1) is 0 Å². The van der Waals surface area contributed by atoms with Gasteiger partial charge in [-0.15, -0.1) is 0 Å². The topological polar surface area (TPSA) is 6.48 Å². The average Bonchev–Trinajstić information content (AvgIpc) is 2.72. The Morgan fingerprint density at radius 1 is 1.11 bits per heavy atom. The monoisotopic (exact) mass is 298 g/mol. The molecule has 0 amide bonds. The SMILES string of the molecule is Clc1ccc(CN2CCCN3CCCC3C2)c(Cl)c1. The van der Waals surface area contributed by atoms with Gasteiger partial charge in [-0.1, -0.05) is 29.3 Å². The van der Waals surface area contributed by atoms with Gasteiger partial charge in [-0.2, -0.15) is 0 Å². The van der Waals surface area contributed by atoms with Gasteiger partial charge in [0.1, 0.15) is 0 Å². The molecule has 1 atom stereocenters. The van der Waals surface area contributed by atoms with Crippen LogP contribution in [0.2, 0.25) is 10.0 Å². The molecule has 2 aliphatic rings. The van der Waals surface area contributed by atoms with E-state index in [2.05, 4.69) is 15.9 Å². The Hall–Kier alpha value is -0.280. The van der Waals surface area contributed by atoms with Crippen LogP contribution in [-0.4, -0.2) is 42.0 Å². The first kappa shape index (κ1) is 13.7. The van der Waals surface area contributed by atoms with Crippen LogP contribution in [0.4, 0.5) is 0 Å². The lowest BCUT2D eigenvalue weighted by atomic mass is 10.1. The van der Waals surface area contributed by atoms with Crippen molar-refractivity contribution in [3.05, 3.63) is 33.8 Å². The van der Waals surface area contributed by atoms with E-state index in [1.54, 1.807) is 0 Å². The molecule has 0 saturated carbocycles. The second-order valence-electron chi connectivity index (χ2n) is 5.66. The van der Waals surface area contributed by atoms with Crippen LogP contribution in [0.25, 0.3) is 0 Å². The van der Waals surface area contributed by atoms with Crippen LogP contribution in [-0.2, 0) is 6.54 Å². The third kappa shape index (κ3) is 3.25. The summed E-state index contributed by atoms with van der Waals surface area (Å²) < 4.78 is 0. The fraction of sp³-hybridized carbons (Fsp3) is 0.600. The van der Waals surface area contributed by atoms with E-state index in [1.807, 2.05) is 12.1 Å². The highest BCUT2D eigenvalue weighted by Gasteiger charge is 2.28. The van der Waals surface area contributed by atoms with Crippen molar-refractivity contribution in [1.29, 1.82) is 0 Å². The normalized spacial score (nSPS) is 25.3. The lowest BCUT2D eigenvalue weighted by molar-refractivity contribution is 0.215. The molecule has 1 aromatic carbocycles. The summed E-state index contributed by atoms with van der Waals surface area (Å²) in [7, 11) is 0. The van der Waals surface area contributed by atoms with Gasteiger partial charge in [0.2, 0.25) is 0 Å². The maximum absolute atomic E-state index is 6.28. The highest BCUT2D eigenvalue weighted by atomic mass is 35.5. The molecular weight excluding hydrogens is 279 g/mol. The van der Waals surface area contributed by atoms with Crippen LogP contribution >= 0.6 is 23.2 Å². The highest BCUT2D eigenvalue weighted by molar-refractivity contribution is 6.35. The second kappa shape index (κ2) is 6.01. The van der Waals surface area contributed by atoms with Crippen molar-refractivity contribution >= 4 is 23.2 Å². The molecule has 0 spiro atoms. The molecule has 0 radical (unpaired) electrons. The maximum Gasteiger partial charge on any atom is 0.0465 e. The van der Waals surface area contributed by atoms with Gasteiger partial charge in [0.15, 0.2) is 0 Å². The lowest BCUT2D eigenvalue weighted by Gasteiger charge is -2.25. The molecule has 2 nitrogen and oxygen atoms in total. The van der Waals surface area contributed by atoms with Gasteiger partial charge >= 0.3 is 0 Å². The van der Waals surface area contributed by atoms with Gasteiger partial charge in [-0.05, 0) is 56.6 Å². The minimum Gasteiger partial charge on any atom is -0.299 e. The molecule has 3 rings (SSSR count). The molecule has 2 aliphatic heterocycles. The van der Waals surface area contributed by atoms with E-state index in [-0.39, 0.29) is 0 Å². The van der Waals surface area contributed by atoms with Crippen LogP contribution < -0.4 is 0 Å². The average molecular weight is 299 g/mol. The summed E-state index contributed by atoms with van der Waals surface area (Å²) in [6.07, 6.45) is 3.98. The van der Waals surface area contributed by atoms with Crippen LogP contribution in [0.1, 0.15) is 24.8 Å². The zero-order chi connectivity index (χ0) is 13.2. The summed E-state index contributed by atoms with van der Waals surface area (Å²) in [6.45, 7) is 5.85. The van der Waals surface area contributed by atoms with E-state index < -0.39 is 0 Å². The fourth-order valence-electron chi connectivity index (χ4n) is 3.32. The highest BCUT2D eigenvalue weighted by Crippen LogP contribution is 2.25. The molecule has 1 aromatic rings. The first-order chi connectivity index (χ1) is 9.22. The number of hydrogen-bond donors (Lipinski definition) is 0. The molecule has 1 unspecified atom stereocenters. The number of rotatable bonds is 2. The van der Waals surface area contributed by atoms with Crippen molar-refractivity contribution in [3.63, 3.8) is 0 Å². The molecule has 2 saturated heterocycles. The zero-order valence-electron chi connectivity index (χ0n) is 11.1. The molecule has 104 valence electrons. The largest absolute Gasteiger partial charge is 0.299 e. The van der Waals surface area contributed by atoms with Gasteiger partial charge in [0.25, 0.3) is 0 Å². The number of fused-ring (bicyclic) bond motifs is 1. The van der Waals surface area contributed by atoms with Gasteiger partial charge in [-0.25, -0.2) is 0 Å². The molecule has 0 N–H and O–H groups in total. The van der Waals surface area contributed by atoms with Crippen molar-refractivity contribution < 1.29 is 0 Å². The minimum atomic E-state index is 0.714. The molecule has 2 fully saturated rings. The third-order valence-electron chi connectivity index (χ3n) is 4.30.